The third-order valence-corrected chi connectivity index (χ3v) is 4.89. The van der Waals surface area contributed by atoms with E-state index < -0.39 is 10.7 Å². The fraction of sp³-hybridized carbons (Fsp3) is 0.167. The number of aromatic nitrogens is 2. The van der Waals surface area contributed by atoms with Crippen LogP contribution >= 0.6 is 11.8 Å². The first-order valence-corrected chi connectivity index (χ1v) is 8.00. The lowest BCUT2D eigenvalue weighted by Crippen LogP contribution is -2.27. The molecule has 0 aliphatic carbocycles. The van der Waals surface area contributed by atoms with Crippen molar-refractivity contribution < 1.29 is 9.90 Å². The van der Waals surface area contributed by atoms with Crippen LogP contribution in [0.15, 0.2) is 60.0 Å². The maximum absolute atomic E-state index is 11.4. The minimum absolute atomic E-state index is 0.840. The Morgan fingerprint density at radius 3 is 2.57 bits per heavy atom. The van der Waals surface area contributed by atoms with Crippen LogP contribution in [0.2, 0.25) is 0 Å². The number of carboxylic acid groups (broad SMARTS) is 1. The van der Waals surface area contributed by atoms with Crippen molar-refractivity contribution in [2.24, 2.45) is 0 Å². The summed E-state index contributed by atoms with van der Waals surface area (Å²) in [5.41, 5.74) is 1.96. The van der Waals surface area contributed by atoms with Gasteiger partial charge in [-0.2, -0.15) is 0 Å². The summed E-state index contributed by atoms with van der Waals surface area (Å²) >= 11 is 1.33. The van der Waals surface area contributed by atoms with Gasteiger partial charge in [0.15, 0.2) is 0 Å². The van der Waals surface area contributed by atoms with E-state index in [1.54, 1.807) is 32.4 Å². The molecule has 1 aromatic carbocycles. The number of benzene rings is 1. The lowest BCUT2D eigenvalue weighted by molar-refractivity contribution is -0.138. The van der Waals surface area contributed by atoms with Crippen molar-refractivity contribution in [3.8, 4) is 11.1 Å². The van der Waals surface area contributed by atoms with E-state index in [2.05, 4.69) is 9.97 Å². The Kier molecular flexibility index (Phi) is 4.05. The molecule has 116 valence electrons. The highest BCUT2D eigenvalue weighted by molar-refractivity contribution is 8.01. The Morgan fingerprint density at radius 1 is 1.04 bits per heavy atom. The van der Waals surface area contributed by atoms with Gasteiger partial charge in [-0.05, 0) is 36.9 Å². The molecule has 0 atom stereocenters. The summed E-state index contributed by atoms with van der Waals surface area (Å²) in [6, 6.07) is 9.84. The number of pyridine rings is 2. The number of aliphatic carboxylic acids is 1. The highest BCUT2D eigenvalue weighted by Gasteiger charge is 2.29. The minimum atomic E-state index is -0.914. The predicted molar refractivity (Wildman–Crippen MR) is 92.5 cm³/mol. The molecule has 2 heterocycles. The number of carbonyl (C=O) groups is 1. The monoisotopic (exact) mass is 324 g/mol. The van der Waals surface area contributed by atoms with E-state index in [4.69, 9.17) is 0 Å². The van der Waals surface area contributed by atoms with Crippen LogP contribution in [-0.2, 0) is 4.79 Å². The molecule has 0 radical (unpaired) electrons. The molecule has 2 aromatic heterocycles. The Bertz CT molecular complexity index is 872. The largest absolute Gasteiger partial charge is 0.480 e. The van der Waals surface area contributed by atoms with Crippen LogP contribution in [0, 0.1) is 0 Å². The molecule has 0 amide bonds. The first-order chi connectivity index (χ1) is 11.0. The molecule has 0 aliphatic rings. The molecule has 0 unspecified atom stereocenters. The fourth-order valence-electron chi connectivity index (χ4n) is 2.35. The molecule has 4 nitrogen and oxygen atoms in total. The Balaban J connectivity index is 2.15. The minimum Gasteiger partial charge on any atom is -0.480 e. The summed E-state index contributed by atoms with van der Waals surface area (Å²) in [7, 11) is 0. The number of thioether (sulfide) groups is 1. The van der Waals surface area contributed by atoms with Crippen LogP contribution in [0.4, 0.5) is 0 Å². The maximum Gasteiger partial charge on any atom is 0.319 e. The van der Waals surface area contributed by atoms with Crippen molar-refractivity contribution in [1.82, 2.24) is 9.97 Å². The molecule has 0 aliphatic heterocycles. The molecule has 0 bridgehead atoms. The zero-order valence-electron chi connectivity index (χ0n) is 12.9. The molecule has 23 heavy (non-hydrogen) atoms. The maximum atomic E-state index is 11.4. The number of hydrogen-bond acceptors (Lipinski definition) is 4. The van der Waals surface area contributed by atoms with Crippen LogP contribution < -0.4 is 0 Å². The fourth-order valence-corrected chi connectivity index (χ4v) is 3.39. The van der Waals surface area contributed by atoms with E-state index in [1.165, 1.54) is 11.8 Å². The second-order valence-electron chi connectivity index (χ2n) is 5.69. The number of fused-ring (bicyclic) bond motifs is 1. The second kappa shape index (κ2) is 6.01. The van der Waals surface area contributed by atoms with E-state index in [0.29, 0.717) is 0 Å². The highest BCUT2D eigenvalue weighted by atomic mass is 32.2. The first-order valence-electron chi connectivity index (χ1n) is 7.18. The molecule has 0 fully saturated rings. The van der Waals surface area contributed by atoms with E-state index in [-0.39, 0.29) is 0 Å². The van der Waals surface area contributed by atoms with E-state index in [1.807, 2.05) is 36.5 Å². The van der Waals surface area contributed by atoms with Gasteiger partial charge in [0.1, 0.15) is 4.75 Å². The van der Waals surface area contributed by atoms with E-state index >= 15 is 0 Å². The third kappa shape index (κ3) is 3.05. The van der Waals surface area contributed by atoms with Crippen molar-refractivity contribution in [3.63, 3.8) is 0 Å². The third-order valence-electron chi connectivity index (χ3n) is 3.63. The molecule has 3 aromatic rings. The summed E-state index contributed by atoms with van der Waals surface area (Å²) in [5, 5.41) is 11.5. The molecule has 5 heteroatoms. The Morgan fingerprint density at radius 2 is 1.78 bits per heavy atom. The van der Waals surface area contributed by atoms with Gasteiger partial charge in [0.05, 0.1) is 0 Å². The smallest absolute Gasteiger partial charge is 0.319 e. The average Bonchev–Trinajstić information content (AvgIpc) is 2.54. The van der Waals surface area contributed by atoms with E-state index in [9.17, 15) is 9.90 Å². The standard InChI is InChI=1S/C18H16N2O2S/c1-18(2,17(21)22)23-16-7-9-20-11-15(16)14-5-3-4-12-10-19-8-6-13(12)14/h3-11H,1-2H3,(H,21,22). The van der Waals surface area contributed by atoms with Crippen LogP contribution in [0.25, 0.3) is 21.9 Å². The number of carboxylic acids is 1. The summed E-state index contributed by atoms with van der Waals surface area (Å²) < 4.78 is -0.914. The SMILES string of the molecule is CC(C)(Sc1ccncc1-c1cccc2cnccc12)C(=O)O. The number of nitrogens with zero attached hydrogens (tertiary/aromatic N) is 2. The van der Waals surface area contributed by atoms with E-state index in [0.717, 1.165) is 26.8 Å². The van der Waals surface area contributed by atoms with Crippen molar-refractivity contribution in [2.75, 3.05) is 0 Å². The lowest BCUT2D eigenvalue weighted by atomic mass is 10.0. The van der Waals surface area contributed by atoms with Gasteiger partial charge in [-0.15, -0.1) is 11.8 Å². The van der Waals surface area contributed by atoms with Crippen molar-refractivity contribution in [1.29, 1.82) is 0 Å². The Labute approximate surface area is 138 Å². The van der Waals surface area contributed by atoms with Gasteiger partial charge in [0.25, 0.3) is 0 Å². The van der Waals surface area contributed by atoms with Gasteiger partial charge in [-0.1, -0.05) is 18.2 Å². The van der Waals surface area contributed by atoms with Crippen LogP contribution in [0.1, 0.15) is 13.8 Å². The normalized spacial score (nSPS) is 11.6. The predicted octanol–water partition coefficient (Wildman–Crippen LogP) is 4.25. The summed E-state index contributed by atoms with van der Waals surface area (Å²) in [5.74, 6) is -0.840. The average molecular weight is 324 g/mol. The molecule has 0 spiro atoms. The molecule has 0 saturated heterocycles. The number of hydrogen-bond donors (Lipinski definition) is 1. The summed E-state index contributed by atoms with van der Waals surface area (Å²) in [6.07, 6.45) is 7.06. The highest BCUT2D eigenvalue weighted by Crippen LogP contribution is 2.40. The zero-order chi connectivity index (χ0) is 16.4. The second-order valence-corrected chi connectivity index (χ2v) is 7.36. The topological polar surface area (TPSA) is 63.1 Å². The van der Waals surface area contributed by atoms with Crippen LogP contribution in [0.3, 0.4) is 0 Å². The molecular formula is C18H16N2O2S. The summed E-state index contributed by atoms with van der Waals surface area (Å²) in [6.45, 7) is 3.41. The zero-order valence-corrected chi connectivity index (χ0v) is 13.7. The quantitative estimate of drug-likeness (QED) is 0.727. The van der Waals surface area contributed by atoms with Crippen molar-refractivity contribution in [2.45, 2.75) is 23.5 Å². The van der Waals surface area contributed by atoms with Crippen molar-refractivity contribution >= 4 is 28.5 Å². The van der Waals surface area contributed by atoms with Gasteiger partial charge in [0, 0.05) is 40.6 Å². The van der Waals surface area contributed by atoms with Crippen molar-refractivity contribution in [3.05, 3.63) is 55.1 Å². The molecule has 3 rings (SSSR count). The van der Waals surface area contributed by atoms with Gasteiger partial charge >= 0.3 is 5.97 Å². The first kappa shape index (κ1) is 15.5. The molecule has 1 N–H and O–H groups in total. The summed E-state index contributed by atoms with van der Waals surface area (Å²) in [4.78, 5) is 20.7. The van der Waals surface area contributed by atoms with Crippen LogP contribution in [0.5, 0.6) is 0 Å². The van der Waals surface area contributed by atoms with Crippen LogP contribution in [-0.4, -0.2) is 25.8 Å². The van der Waals surface area contributed by atoms with Gasteiger partial charge in [-0.25, -0.2) is 0 Å². The van der Waals surface area contributed by atoms with Gasteiger partial charge in [-0.3, -0.25) is 14.8 Å². The van der Waals surface area contributed by atoms with Gasteiger partial charge < -0.3 is 5.11 Å². The Hall–Kier alpha value is -2.40. The van der Waals surface area contributed by atoms with Gasteiger partial charge in [0.2, 0.25) is 0 Å². The lowest BCUT2D eigenvalue weighted by Gasteiger charge is -2.20. The number of rotatable bonds is 4. The molecular weight excluding hydrogens is 308 g/mol. The molecule has 0 saturated carbocycles.